The second-order valence-corrected chi connectivity index (χ2v) is 4.87. The van der Waals surface area contributed by atoms with E-state index in [-0.39, 0.29) is 0 Å². The quantitative estimate of drug-likeness (QED) is 0.761. The second kappa shape index (κ2) is 8.15. The predicted octanol–water partition coefficient (Wildman–Crippen LogP) is 4.71. The molecule has 0 spiro atoms. The van der Waals surface area contributed by atoms with Gasteiger partial charge in [-0.05, 0) is 6.42 Å². The van der Waals surface area contributed by atoms with Crippen molar-refractivity contribution in [3.8, 4) is 22.6 Å². The summed E-state index contributed by atoms with van der Waals surface area (Å²) in [6.45, 7) is 4.12. The lowest BCUT2D eigenvalue weighted by Crippen LogP contribution is -1.81. The highest BCUT2D eigenvalue weighted by atomic mass is 16.4. The van der Waals surface area contributed by atoms with Gasteiger partial charge in [-0.1, -0.05) is 67.6 Å². The van der Waals surface area contributed by atoms with Gasteiger partial charge in [0.25, 0.3) is 0 Å². The van der Waals surface area contributed by atoms with Crippen molar-refractivity contribution >= 4 is 0 Å². The lowest BCUT2D eigenvalue weighted by atomic mass is 10.1. The first kappa shape index (κ1) is 16.0. The Balaban J connectivity index is 0.000000396. The van der Waals surface area contributed by atoms with E-state index in [0.717, 1.165) is 29.0 Å². The summed E-state index contributed by atoms with van der Waals surface area (Å²) in [5, 5.41) is 7.88. The van der Waals surface area contributed by atoms with E-state index in [1.54, 1.807) is 0 Å². The lowest BCUT2D eigenvalue weighted by molar-refractivity contribution is 0.295. The summed E-state index contributed by atoms with van der Waals surface area (Å²) in [7, 11) is 0. The third-order valence-corrected chi connectivity index (χ3v) is 3.04. The highest BCUT2D eigenvalue weighted by Crippen LogP contribution is 2.32. The molecule has 0 aliphatic carbocycles. The van der Waals surface area contributed by atoms with Gasteiger partial charge in [-0.3, -0.25) is 0 Å². The molecule has 0 radical (unpaired) electrons. The molecule has 3 rings (SSSR count). The number of oxazole rings is 1. The van der Waals surface area contributed by atoms with Gasteiger partial charge in [0.05, 0.1) is 0 Å². The summed E-state index contributed by atoms with van der Waals surface area (Å²) in [6.07, 6.45) is 0.875. The van der Waals surface area contributed by atoms with Crippen molar-refractivity contribution in [3.05, 3.63) is 66.6 Å². The molecule has 3 aromatic rings. The average Bonchev–Trinajstić information content (AvgIpc) is 2.98. The van der Waals surface area contributed by atoms with Crippen molar-refractivity contribution in [2.75, 3.05) is 6.61 Å². The summed E-state index contributed by atoms with van der Waals surface area (Å²) in [6, 6.07) is 20.2. The lowest BCUT2D eigenvalue weighted by Gasteiger charge is -2.00. The first-order valence-corrected chi connectivity index (χ1v) is 7.45. The van der Waals surface area contributed by atoms with Crippen LogP contribution in [-0.2, 0) is 0 Å². The van der Waals surface area contributed by atoms with E-state index in [9.17, 15) is 0 Å². The van der Waals surface area contributed by atoms with E-state index in [1.807, 2.05) is 74.5 Å². The summed E-state index contributed by atoms with van der Waals surface area (Å²) in [4.78, 5) is 4.49. The van der Waals surface area contributed by atoms with Crippen LogP contribution in [-0.4, -0.2) is 16.7 Å². The topological polar surface area (TPSA) is 46.3 Å². The molecule has 3 nitrogen and oxygen atoms in total. The fraction of sp³-hybridized carbons (Fsp3) is 0.211. The van der Waals surface area contributed by atoms with Gasteiger partial charge in [-0.15, -0.1) is 0 Å². The van der Waals surface area contributed by atoms with Crippen LogP contribution >= 0.6 is 0 Å². The fourth-order valence-electron chi connectivity index (χ4n) is 2.00. The van der Waals surface area contributed by atoms with Gasteiger partial charge < -0.3 is 9.52 Å². The number of aromatic nitrogens is 1. The molecule has 0 unspecified atom stereocenters. The Labute approximate surface area is 131 Å². The second-order valence-electron chi connectivity index (χ2n) is 4.87. The molecule has 0 bridgehead atoms. The maximum absolute atomic E-state index is 7.88. The SMILES string of the molecule is CCCO.Cc1nc(-c2ccccc2)c(-c2ccccc2)o1. The summed E-state index contributed by atoms with van der Waals surface area (Å²) in [5.74, 6) is 1.52. The van der Waals surface area contributed by atoms with Gasteiger partial charge in [0.1, 0.15) is 5.69 Å². The van der Waals surface area contributed by atoms with Gasteiger partial charge in [-0.2, -0.15) is 0 Å². The first-order valence-electron chi connectivity index (χ1n) is 7.45. The Morgan fingerprint density at radius 3 is 1.91 bits per heavy atom. The molecule has 1 aromatic heterocycles. The van der Waals surface area contributed by atoms with E-state index in [4.69, 9.17) is 9.52 Å². The number of rotatable bonds is 3. The van der Waals surface area contributed by atoms with Crippen molar-refractivity contribution in [2.45, 2.75) is 20.3 Å². The molecule has 0 fully saturated rings. The minimum atomic E-state index is 0.319. The Hall–Kier alpha value is -2.39. The maximum atomic E-state index is 7.88. The van der Waals surface area contributed by atoms with Gasteiger partial charge >= 0.3 is 0 Å². The minimum Gasteiger partial charge on any atom is -0.440 e. The molecule has 0 aliphatic heterocycles. The van der Waals surface area contributed by atoms with Crippen molar-refractivity contribution in [1.29, 1.82) is 0 Å². The highest BCUT2D eigenvalue weighted by molar-refractivity contribution is 5.76. The molecule has 22 heavy (non-hydrogen) atoms. The third-order valence-electron chi connectivity index (χ3n) is 3.04. The zero-order chi connectivity index (χ0) is 15.8. The molecule has 0 aliphatic rings. The molecule has 0 saturated carbocycles. The van der Waals surface area contributed by atoms with Crippen LogP contribution in [0, 0.1) is 6.92 Å². The van der Waals surface area contributed by atoms with E-state index in [0.29, 0.717) is 12.5 Å². The van der Waals surface area contributed by atoms with E-state index in [1.165, 1.54) is 0 Å². The minimum absolute atomic E-state index is 0.319. The van der Waals surface area contributed by atoms with Crippen molar-refractivity contribution in [2.24, 2.45) is 0 Å². The van der Waals surface area contributed by atoms with Crippen molar-refractivity contribution < 1.29 is 9.52 Å². The molecule has 0 saturated heterocycles. The standard InChI is InChI=1S/C16H13NO.C3H8O/c1-12-17-15(13-8-4-2-5-9-13)16(18-12)14-10-6-3-7-11-14;1-2-3-4/h2-11H,1H3;4H,2-3H2,1H3. The molecule has 1 heterocycles. The number of hydrogen-bond acceptors (Lipinski definition) is 3. The summed E-state index contributed by atoms with van der Waals surface area (Å²) in [5.41, 5.74) is 3.03. The average molecular weight is 295 g/mol. The van der Waals surface area contributed by atoms with E-state index in [2.05, 4.69) is 4.98 Å². The number of nitrogens with zero attached hydrogens (tertiary/aromatic N) is 1. The third kappa shape index (κ3) is 4.06. The molecule has 1 N–H and O–H groups in total. The van der Waals surface area contributed by atoms with Crippen LogP contribution < -0.4 is 0 Å². The van der Waals surface area contributed by atoms with Crippen LogP contribution in [0.5, 0.6) is 0 Å². The summed E-state index contributed by atoms with van der Waals surface area (Å²) >= 11 is 0. The van der Waals surface area contributed by atoms with Crippen LogP contribution in [0.15, 0.2) is 65.1 Å². The van der Waals surface area contributed by atoms with Gasteiger partial charge in [0.2, 0.25) is 0 Å². The van der Waals surface area contributed by atoms with E-state index >= 15 is 0 Å². The van der Waals surface area contributed by atoms with Crippen LogP contribution in [0.4, 0.5) is 0 Å². The number of hydrogen-bond donors (Lipinski definition) is 1. The van der Waals surface area contributed by atoms with Crippen LogP contribution in [0.2, 0.25) is 0 Å². The van der Waals surface area contributed by atoms with Gasteiger partial charge in [0.15, 0.2) is 11.7 Å². The fourth-order valence-corrected chi connectivity index (χ4v) is 2.00. The number of aliphatic hydroxyl groups excluding tert-OH is 1. The monoisotopic (exact) mass is 295 g/mol. The van der Waals surface area contributed by atoms with Crippen LogP contribution in [0.3, 0.4) is 0 Å². The zero-order valence-electron chi connectivity index (χ0n) is 13.0. The Morgan fingerprint density at radius 1 is 0.909 bits per heavy atom. The van der Waals surface area contributed by atoms with E-state index < -0.39 is 0 Å². The normalized spacial score (nSPS) is 9.95. The Morgan fingerprint density at radius 2 is 1.41 bits per heavy atom. The summed E-state index contributed by atoms with van der Waals surface area (Å²) < 4.78 is 5.74. The Bertz CT molecular complexity index is 616. The smallest absolute Gasteiger partial charge is 0.192 e. The number of benzene rings is 2. The molecular formula is C19H21NO2. The van der Waals surface area contributed by atoms with Gasteiger partial charge in [-0.25, -0.2) is 4.98 Å². The Kier molecular flexibility index (Phi) is 5.92. The zero-order valence-corrected chi connectivity index (χ0v) is 13.0. The number of aliphatic hydroxyl groups is 1. The van der Waals surface area contributed by atoms with Gasteiger partial charge in [0, 0.05) is 24.7 Å². The largest absolute Gasteiger partial charge is 0.440 e. The molecular weight excluding hydrogens is 274 g/mol. The molecule has 0 atom stereocenters. The molecule has 0 amide bonds. The highest BCUT2D eigenvalue weighted by Gasteiger charge is 2.14. The molecule has 3 heteroatoms. The first-order chi connectivity index (χ1) is 10.8. The molecule has 114 valence electrons. The predicted molar refractivity (Wildman–Crippen MR) is 89.5 cm³/mol. The van der Waals surface area contributed by atoms with Crippen molar-refractivity contribution in [1.82, 2.24) is 4.98 Å². The van der Waals surface area contributed by atoms with Crippen molar-refractivity contribution in [3.63, 3.8) is 0 Å². The maximum Gasteiger partial charge on any atom is 0.192 e. The molecule has 2 aromatic carbocycles. The number of aryl methyl sites for hydroxylation is 1. The van der Waals surface area contributed by atoms with Crippen LogP contribution in [0.25, 0.3) is 22.6 Å². The van der Waals surface area contributed by atoms with Crippen LogP contribution in [0.1, 0.15) is 19.2 Å².